The van der Waals surface area contributed by atoms with Crippen LogP contribution in [-0.4, -0.2) is 20.0 Å². The molecular formula is C21H32O3. The number of carbonyl (C=O) groups is 1. The van der Waals surface area contributed by atoms with Crippen molar-refractivity contribution in [3.8, 4) is 11.5 Å². The van der Waals surface area contributed by atoms with Gasteiger partial charge in [-0.25, -0.2) is 0 Å². The number of hydrogen-bond donors (Lipinski definition) is 0. The summed E-state index contributed by atoms with van der Waals surface area (Å²) in [6.45, 7) is 2.23. The van der Waals surface area contributed by atoms with E-state index >= 15 is 0 Å². The number of benzene rings is 1. The standard InChI is InChI=1S/C21H32O3/c1-4-5-6-7-8-9-10-13-19(22)14-11-12-18-15-16-20(23-2)21(17-18)24-3/h11,14-17H,4-10,12-13H2,1-3H3. The zero-order valence-corrected chi connectivity index (χ0v) is 15.5. The maximum Gasteiger partial charge on any atom is 0.160 e. The van der Waals surface area contributed by atoms with Crippen molar-refractivity contribution in [3.63, 3.8) is 0 Å². The van der Waals surface area contributed by atoms with Crippen LogP contribution in [0.15, 0.2) is 30.4 Å². The monoisotopic (exact) mass is 332 g/mol. The van der Waals surface area contributed by atoms with Crippen LogP contribution in [0.1, 0.15) is 63.9 Å². The number of ketones is 1. The Morgan fingerprint density at radius 3 is 2.29 bits per heavy atom. The summed E-state index contributed by atoms with van der Waals surface area (Å²) >= 11 is 0. The van der Waals surface area contributed by atoms with Crippen LogP contribution in [0.2, 0.25) is 0 Å². The number of carbonyl (C=O) groups excluding carboxylic acids is 1. The molecule has 0 amide bonds. The maximum absolute atomic E-state index is 11.9. The molecule has 134 valence electrons. The summed E-state index contributed by atoms with van der Waals surface area (Å²) in [5, 5.41) is 0. The Hall–Kier alpha value is -1.77. The van der Waals surface area contributed by atoms with Crippen LogP contribution in [0.25, 0.3) is 0 Å². The Bertz CT molecular complexity index is 506. The van der Waals surface area contributed by atoms with Gasteiger partial charge < -0.3 is 9.47 Å². The molecular weight excluding hydrogens is 300 g/mol. The minimum absolute atomic E-state index is 0.226. The molecule has 0 unspecified atom stereocenters. The van der Waals surface area contributed by atoms with Crippen LogP contribution < -0.4 is 9.47 Å². The van der Waals surface area contributed by atoms with Crippen molar-refractivity contribution in [3.05, 3.63) is 35.9 Å². The van der Waals surface area contributed by atoms with E-state index in [1.165, 1.54) is 38.5 Å². The second-order valence-electron chi connectivity index (χ2n) is 6.13. The fourth-order valence-corrected chi connectivity index (χ4v) is 2.67. The average Bonchev–Trinajstić information content (AvgIpc) is 2.60. The summed E-state index contributed by atoms with van der Waals surface area (Å²) in [5.74, 6) is 1.67. The molecule has 0 aliphatic heterocycles. The number of methoxy groups -OCH3 is 2. The van der Waals surface area contributed by atoms with Crippen molar-refractivity contribution in [1.29, 1.82) is 0 Å². The highest BCUT2D eigenvalue weighted by atomic mass is 16.5. The SMILES string of the molecule is CCCCCCCCCC(=O)C=CCc1ccc(OC)c(OC)c1. The Morgan fingerprint density at radius 2 is 1.62 bits per heavy atom. The van der Waals surface area contributed by atoms with Crippen LogP contribution in [0.4, 0.5) is 0 Å². The molecule has 0 aliphatic rings. The van der Waals surface area contributed by atoms with E-state index < -0.39 is 0 Å². The van der Waals surface area contributed by atoms with Crippen molar-refractivity contribution in [2.45, 2.75) is 64.7 Å². The quantitative estimate of drug-likeness (QED) is 0.353. The van der Waals surface area contributed by atoms with Gasteiger partial charge in [-0.15, -0.1) is 0 Å². The number of unbranched alkanes of at least 4 members (excludes halogenated alkanes) is 6. The number of rotatable bonds is 13. The van der Waals surface area contributed by atoms with Crippen molar-refractivity contribution in [2.24, 2.45) is 0 Å². The summed E-state index contributed by atoms with van der Waals surface area (Å²) in [7, 11) is 3.25. The molecule has 3 heteroatoms. The third-order valence-corrected chi connectivity index (χ3v) is 4.13. The Balaban J connectivity index is 2.25. The van der Waals surface area contributed by atoms with E-state index in [2.05, 4.69) is 6.92 Å². The Kier molecular flexibility index (Phi) is 10.7. The smallest absolute Gasteiger partial charge is 0.160 e. The molecule has 0 bridgehead atoms. The number of ether oxygens (including phenoxy) is 2. The minimum atomic E-state index is 0.226. The maximum atomic E-state index is 11.9. The molecule has 1 rings (SSSR count). The highest BCUT2D eigenvalue weighted by Crippen LogP contribution is 2.27. The molecule has 0 spiro atoms. The van der Waals surface area contributed by atoms with Crippen LogP contribution in [-0.2, 0) is 11.2 Å². The summed E-state index contributed by atoms with van der Waals surface area (Å²) in [6.07, 6.45) is 13.7. The predicted octanol–water partition coefficient (Wildman–Crippen LogP) is 5.51. The second kappa shape index (κ2) is 12.6. The molecule has 24 heavy (non-hydrogen) atoms. The molecule has 0 heterocycles. The lowest BCUT2D eigenvalue weighted by molar-refractivity contribution is -0.114. The molecule has 0 atom stereocenters. The molecule has 0 aliphatic carbocycles. The molecule has 0 saturated heterocycles. The topological polar surface area (TPSA) is 35.5 Å². The molecule has 3 nitrogen and oxygen atoms in total. The van der Waals surface area contributed by atoms with Gasteiger partial charge in [-0.05, 0) is 36.6 Å². The van der Waals surface area contributed by atoms with Gasteiger partial charge in [0, 0.05) is 6.42 Å². The zero-order chi connectivity index (χ0) is 17.6. The normalized spacial score (nSPS) is 11.0. The number of hydrogen-bond acceptors (Lipinski definition) is 3. The van der Waals surface area contributed by atoms with Gasteiger partial charge in [0.25, 0.3) is 0 Å². The van der Waals surface area contributed by atoms with Crippen LogP contribution >= 0.6 is 0 Å². The average molecular weight is 332 g/mol. The molecule has 0 radical (unpaired) electrons. The van der Waals surface area contributed by atoms with Crippen molar-refractivity contribution in [2.75, 3.05) is 14.2 Å². The molecule has 0 saturated carbocycles. The molecule has 0 fully saturated rings. The van der Waals surface area contributed by atoms with Gasteiger partial charge in [-0.1, -0.05) is 57.6 Å². The van der Waals surface area contributed by atoms with E-state index in [-0.39, 0.29) is 5.78 Å². The van der Waals surface area contributed by atoms with E-state index in [0.717, 1.165) is 29.9 Å². The summed E-state index contributed by atoms with van der Waals surface area (Å²) in [6, 6.07) is 5.83. The van der Waals surface area contributed by atoms with Crippen molar-refractivity contribution >= 4 is 5.78 Å². The van der Waals surface area contributed by atoms with E-state index in [0.29, 0.717) is 6.42 Å². The van der Waals surface area contributed by atoms with Crippen molar-refractivity contribution < 1.29 is 14.3 Å². The van der Waals surface area contributed by atoms with Gasteiger partial charge in [0.05, 0.1) is 14.2 Å². The van der Waals surface area contributed by atoms with Gasteiger partial charge in [0.2, 0.25) is 0 Å². The molecule has 1 aromatic rings. The zero-order valence-electron chi connectivity index (χ0n) is 15.5. The third-order valence-electron chi connectivity index (χ3n) is 4.13. The molecule has 0 aromatic heterocycles. The van der Waals surface area contributed by atoms with Gasteiger partial charge in [0.1, 0.15) is 0 Å². The highest BCUT2D eigenvalue weighted by Gasteiger charge is 2.03. The van der Waals surface area contributed by atoms with Gasteiger partial charge in [-0.2, -0.15) is 0 Å². The lowest BCUT2D eigenvalue weighted by Gasteiger charge is -2.08. The Morgan fingerprint density at radius 1 is 0.958 bits per heavy atom. The summed E-state index contributed by atoms with van der Waals surface area (Å²) in [4.78, 5) is 11.9. The third kappa shape index (κ3) is 8.19. The highest BCUT2D eigenvalue weighted by molar-refractivity contribution is 5.89. The first-order valence-electron chi connectivity index (χ1n) is 9.11. The van der Waals surface area contributed by atoms with E-state index in [9.17, 15) is 4.79 Å². The molecule has 1 aromatic carbocycles. The fraction of sp³-hybridized carbons (Fsp3) is 0.571. The van der Waals surface area contributed by atoms with Crippen LogP contribution in [0, 0.1) is 0 Å². The lowest BCUT2D eigenvalue weighted by Crippen LogP contribution is -1.94. The van der Waals surface area contributed by atoms with Gasteiger partial charge in [0.15, 0.2) is 17.3 Å². The predicted molar refractivity (Wildman–Crippen MR) is 100 cm³/mol. The van der Waals surface area contributed by atoms with Crippen LogP contribution in [0.3, 0.4) is 0 Å². The first kappa shape index (κ1) is 20.3. The molecule has 0 N–H and O–H groups in total. The first-order valence-corrected chi connectivity index (χ1v) is 9.11. The van der Waals surface area contributed by atoms with Crippen LogP contribution in [0.5, 0.6) is 11.5 Å². The minimum Gasteiger partial charge on any atom is -0.493 e. The number of allylic oxidation sites excluding steroid dienone is 2. The Labute approximate surface area is 147 Å². The first-order chi connectivity index (χ1) is 11.7. The second-order valence-corrected chi connectivity index (χ2v) is 6.13. The largest absolute Gasteiger partial charge is 0.493 e. The van der Waals surface area contributed by atoms with E-state index in [4.69, 9.17) is 9.47 Å². The fourth-order valence-electron chi connectivity index (χ4n) is 2.67. The lowest BCUT2D eigenvalue weighted by atomic mass is 10.1. The van der Waals surface area contributed by atoms with Crippen molar-refractivity contribution in [1.82, 2.24) is 0 Å². The summed E-state index contributed by atoms with van der Waals surface area (Å²) < 4.78 is 10.5. The summed E-state index contributed by atoms with van der Waals surface area (Å²) in [5.41, 5.74) is 1.10. The van der Waals surface area contributed by atoms with E-state index in [1.807, 2.05) is 24.3 Å². The van der Waals surface area contributed by atoms with Gasteiger partial charge in [-0.3, -0.25) is 4.79 Å². The van der Waals surface area contributed by atoms with E-state index in [1.54, 1.807) is 20.3 Å². The van der Waals surface area contributed by atoms with Gasteiger partial charge >= 0.3 is 0 Å².